The summed E-state index contributed by atoms with van der Waals surface area (Å²) in [5.41, 5.74) is 2.59. The lowest BCUT2D eigenvalue weighted by Gasteiger charge is -2.50. The number of nitrogens with zero attached hydrogens (tertiary/aromatic N) is 4. The Morgan fingerprint density at radius 3 is 2.77 bits per heavy atom. The van der Waals surface area contributed by atoms with Crippen LogP contribution in [0.15, 0.2) is 48.8 Å². The summed E-state index contributed by atoms with van der Waals surface area (Å²) in [4.78, 5) is 16.1. The highest BCUT2D eigenvalue weighted by Crippen LogP contribution is 2.49. The fourth-order valence-electron chi connectivity index (χ4n) is 8.66. The second-order valence-corrected chi connectivity index (χ2v) is 17.5. The molecule has 7 atom stereocenters. The second-order valence-electron chi connectivity index (χ2n) is 14.7. The van der Waals surface area contributed by atoms with Crippen LogP contribution in [0.1, 0.15) is 80.3 Å². The van der Waals surface area contributed by atoms with Gasteiger partial charge in [0.2, 0.25) is 0 Å². The largest absolute Gasteiger partial charge is 0.490 e. The molecule has 1 amide bonds. The summed E-state index contributed by atoms with van der Waals surface area (Å²) < 4.78 is 25.0. The van der Waals surface area contributed by atoms with Crippen molar-refractivity contribution in [1.82, 2.24) is 19.7 Å². The van der Waals surface area contributed by atoms with E-state index in [1.54, 1.807) is 16.9 Å². The SMILES string of the molecule is C=S1(=O)NC(=O)c2ccc3c(c2)N(C[C@@H]2CC[C@H]2[C@@](O)(Cn2ccnn2)CCC[C@H](C)[C@H]1C)C[C@@]1(CCCc2cc(Cl)ccc21)CO3. The molecule has 3 heterocycles. The lowest BCUT2D eigenvalue weighted by molar-refractivity contribution is -0.101. The molecule has 1 saturated carbocycles. The molecule has 0 saturated heterocycles. The number of fused-ring (bicyclic) bond motifs is 4. The number of hydrogen-bond donors (Lipinski definition) is 2. The van der Waals surface area contributed by atoms with Gasteiger partial charge in [-0.2, -0.15) is 0 Å². The lowest BCUT2D eigenvalue weighted by Crippen LogP contribution is -2.54. The molecule has 1 aromatic heterocycles. The molecule has 2 bridgehead atoms. The monoisotopic (exact) mass is 679 g/mol. The zero-order valence-corrected chi connectivity index (χ0v) is 28.9. The van der Waals surface area contributed by atoms with E-state index < -0.39 is 15.3 Å². The van der Waals surface area contributed by atoms with E-state index in [2.05, 4.69) is 44.9 Å². The van der Waals surface area contributed by atoms with Gasteiger partial charge in [-0.05, 0) is 117 Å². The zero-order valence-electron chi connectivity index (χ0n) is 27.4. The molecule has 2 aromatic carbocycles. The molecule has 9 nitrogen and oxygen atoms in total. The van der Waals surface area contributed by atoms with Crippen molar-refractivity contribution in [3.8, 4) is 5.75 Å². The number of carbonyl (C=O) groups excluding carboxylic acids is 1. The van der Waals surface area contributed by atoms with Gasteiger partial charge in [-0.1, -0.05) is 36.2 Å². The van der Waals surface area contributed by atoms with Crippen molar-refractivity contribution in [3.05, 3.63) is 70.5 Å². The Morgan fingerprint density at radius 1 is 1.15 bits per heavy atom. The highest BCUT2D eigenvalue weighted by Gasteiger charge is 2.49. The number of carbonyl (C=O) groups is 1. The Kier molecular flexibility index (Phi) is 8.58. The fraction of sp³-hybridized carbons (Fsp3) is 0.556. The predicted molar refractivity (Wildman–Crippen MR) is 187 cm³/mol. The molecule has 4 aliphatic rings. The summed E-state index contributed by atoms with van der Waals surface area (Å²) in [6.07, 6.45) is 10.5. The molecule has 1 fully saturated rings. The summed E-state index contributed by atoms with van der Waals surface area (Å²) in [6, 6.07) is 11.8. The number of anilines is 1. The van der Waals surface area contributed by atoms with Crippen LogP contribution in [0.3, 0.4) is 0 Å². The maximum atomic E-state index is 13.9. The fourth-order valence-corrected chi connectivity index (χ4v) is 10.4. The number of aryl methyl sites for hydroxylation is 1. The van der Waals surface area contributed by atoms with E-state index in [9.17, 15) is 14.1 Å². The first-order valence-corrected chi connectivity index (χ1v) is 19.2. The number of nitrogens with one attached hydrogen (secondary N) is 1. The Morgan fingerprint density at radius 2 is 2.00 bits per heavy atom. The molecule has 1 unspecified atom stereocenters. The molecule has 7 rings (SSSR count). The van der Waals surface area contributed by atoms with Crippen LogP contribution in [0.2, 0.25) is 5.02 Å². The summed E-state index contributed by atoms with van der Waals surface area (Å²) in [6.45, 7) is 6.28. The summed E-state index contributed by atoms with van der Waals surface area (Å²) in [5, 5.41) is 21.1. The van der Waals surface area contributed by atoms with Crippen molar-refractivity contribution in [2.75, 3.05) is 24.6 Å². The predicted octanol–water partition coefficient (Wildman–Crippen LogP) is 5.43. The highest BCUT2D eigenvalue weighted by molar-refractivity contribution is 7.99. The molecular weight excluding hydrogens is 634 g/mol. The van der Waals surface area contributed by atoms with Gasteiger partial charge in [-0.15, -0.1) is 5.10 Å². The minimum absolute atomic E-state index is 0.0291. The molecule has 2 aliphatic heterocycles. The van der Waals surface area contributed by atoms with E-state index in [0.29, 0.717) is 31.7 Å². The van der Waals surface area contributed by atoms with Crippen molar-refractivity contribution in [2.45, 2.75) is 88.0 Å². The van der Waals surface area contributed by atoms with Crippen LogP contribution in [-0.2, 0) is 28.1 Å². The number of ether oxygens (including phenoxy) is 1. The summed E-state index contributed by atoms with van der Waals surface area (Å²) >= 11 is 6.45. The lowest BCUT2D eigenvalue weighted by atomic mass is 9.62. The van der Waals surface area contributed by atoms with Crippen LogP contribution in [0.4, 0.5) is 5.69 Å². The van der Waals surface area contributed by atoms with Gasteiger partial charge in [0.15, 0.2) is 0 Å². The number of aromatic nitrogens is 3. The topological polar surface area (TPSA) is 110 Å². The number of amides is 1. The second kappa shape index (κ2) is 12.4. The minimum Gasteiger partial charge on any atom is -0.490 e. The summed E-state index contributed by atoms with van der Waals surface area (Å²) in [7, 11) is -2.96. The van der Waals surface area contributed by atoms with Crippen LogP contribution in [-0.4, -0.2) is 66.6 Å². The standard InChI is InChI=1S/C36H46ClN5O4S/c1-24-6-4-15-36(44,22-42-17-16-38-40-42)31-11-8-28(31)20-41-21-35(14-5-7-26-18-29(37)10-12-30(26)35)23-46-33-13-9-27(19-32(33)41)34(43)39-47(3,45)25(24)2/h9-10,12-13,16-19,24-25,28,31,44H,3-8,11,14-15,20-23H2,1-2H3,(H,39,43,45)/t24-,25+,28-,31+,35-,36-,47?/m0/s1. The first-order valence-electron chi connectivity index (χ1n) is 17.0. The molecule has 2 N–H and O–H groups in total. The molecule has 2 aliphatic carbocycles. The van der Waals surface area contributed by atoms with Crippen LogP contribution in [0, 0.1) is 17.8 Å². The average Bonchev–Trinajstić information content (AvgIpc) is 3.47. The van der Waals surface area contributed by atoms with E-state index in [1.807, 2.05) is 31.3 Å². The van der Waals surface area contributed by atoms with E-state index in [0.717, 1.165) is 68.0 Å². The van der Waals surface area contributed by atoms with Gasteiger partial charge in [-0.3, -0.25) is 9.52 Å². The summed E-state index contributed by atoms with van der Waals surface area (Å²) in [5.74, 6) is 4.68. The average molecular weight is 680 g/mol. The minimum atomic E-state index is -2.96. The van der Waals surface area contributed by atoms with Gasteiger partial charge in [0.1, 0.15) is 5.75 Å². The molecule has 3 aromatic rings. The van der Waals surface area contributed by atoms with Crippen LogP contribution < -0.4 is 14.4 Å². The molecule has 1 spiro atoms. The number of benzene rings is 2. The maximum absolute atomic E-state index is 13.9. The van der Waals surface area contributed by atoms with Crippen molar-refractivity contribution < 1.29 is 18.8 Å². The maximum Gasteiger partial charge on any atom is 0.262 e. The van der Waals surface area contributed by atoms with Gasteiger partial charge < -0.3 is 14.7 Å². The van der Waals surface area contributed by atoms with Gasteiger partial charge in [-0.25, -0.2) is 8.89 Å². The van der Waals surface area contributed by atoms with Gasteiger partial charge in [0.05, 0.1) is 40.3 Å². The van der Waals surface area contributed by atoms with Gasteiger partial charge >= 0.3 is 0 Å². The number of aliphatic hydroxyl groups is 1. The Labute approximate surface area is 283 Å². The third-order valence-corrected chi connectivity index (χ3v) is 14.1. The van der Waals surface area contributed by atoms with E-state index in [-0.39, 0.29) is 34.3 Å². The van der Waals surface area contributed by atoms with Crippen LogP contribution in [0.5, 0.6) is 5.75 Å². The quantitative estimate of drug-likeness (QED) is 0.348. The van der Waals surface area contributed by atoms with Gasteiger partial charge in [0.25, 0.3) is 5.91 Å². The van der Waals surface area contributed by atoms with Crippen LogP contribution >= 0.6 is 11.6 Å². The normalized spacial score (nSPS) is 34.3. The van der Waals surface area contributed by atoms with Crippen molar-refractivity contribution in [1.29, 1.82) is 0 Å². The third kappa shape index (κ3) is 6.17. The Bertz CT molecular complexity index is 1750. The van der Waals surface area contributed by atoms with Gasteiger partial charge in [0, 0.05) is 40.5 Å². The number of hydrogen-bond acceptors (Lipinski definition) is 7. The first kappa shape index (κ1) is 32.5. The smallest absolute Gasteiger partial charge is 0.262 e. The molecule has 11 heteroatoms. The Hall–Kier alpha value is -3.08. The molecule has 252 valence electrons. The van der Waals surface area contributed by atoms with Crippen LogP contribution in [0.25, 0.3) is 0 Å². The molecule has 47 heavy (non-hydrogen) atoms. The van der Waals surface area contributed by atoms with E-state index in [1.165, 1.54) is 11.1 Å². The number of rotatable bonds is 2. The third-order valence-electron chi connectivity index (χ3n) is 11.7. The Balaban J connectivity index is 1.31. The van der Waals surface area contributed by atoms with E-state index in [4.69, 9.17) is 16.3 Å². The molecule has 0 radical (unpaired) electrons. The molecular formula is C36H46ClN5O4S. The van der Waals surface area contributed by atoms with Crippen molar-refractivity contribution in [3.63, 3.8) is 0 Å². The van der Waals surface area contributed by atoms with Crippen molar-refractivity contribution in [2.24, 2.45) is 17.8 Å². The first-order chi connectivity index (χ1) is 22.5. The highest BCUT2D eigenvalue weighted by atomic mass is 35.5. The van der Waals surface area contributed by atoms with Crippen molar-refractivity contribution >= 4 is 38.8 Å². The van der Waals surface area contributed by atoms with E-state index >= 15 is 0 Å². The number of halogens is 1. The zero-order chi connectivity index (χ0) is 33.0.